The van der Waals surface area contributed by atoms with Crippen molar-refractivity contribution in [1.82, 2.24) is 5.32 Å². The van der Waals surface area contributed by atoms with Crippen LogP contribution in [-0.4, -0.2) is 13.3 Å². The molecule has 0 radical (unpaired) electrons. The third-order valence-corrected chi connectivity index (χ3v) is 4.62. The minimum atomic E-state index is 0.369. The zero-order valence-corrected chi connectivity index (χ0v) is 13.6. The molecule has 2 heteroatoms. The Kier molecular flexibility index (Phi) is 5.27. The molecule has 0 heterocycles. The fourth-order valence-corrected chi connectivity index (χ4v) is 2.80. The second-order valence-corrected chi connectivity index (χ2v) is 6.12. The summed E-state index contributed by atoms with van der Waals surface area (Å²) in [6.45, 7) is 4.34. The van der Waals surface area contributed by atoms with Gasteiger partial charge in [0.25, 0.3) is 0 Å². The van der Waals surface area contributed by atoms with Crippen molar-refractivity contribution >= 4 is 11.8 Å². The largest absolute Gasteiger partial charge is 0.313 e. The smallest absolute Gasteiger partial charge is 0.0358 e. The molecular weight excluding hydrogens is 262 g/mol. The third kappa shape index (κ3) is 3.65. The lowest BCUT2D eigenvalue weighted by atomic mass is 9.97. The summed E-state index contributed by atoms with van der Waals surface area (Å²) in [7, 11) is 2.04. The topological polar surface area (TPSA) is 12.0 Å². The Morgan fingerprint density at radius 3 is 2.25 bits per heavy atom. The lowest BCUT2D eigenvalue weighted by Gasteiger charge is -2.18. The first-order valence-corrected chi connectivity index (χ1v) is 8.24. The van der Waals surface area contributed by atoms with E-state index in [1.54, 1.807) is 11.8 Å². The summed E-state index contributed by atoms with van der Waals surface area (Å²) in [6, 6.07) is 16.0. The quantitative estimate of drug-likeness (QED) is 0.810. The maximum atomic E-state index is 3.43. The average molecular weight is 285 g/mol. The van der Waals surface area contributed by atoms with Crippen LogP contribution in [0, 0.1) is 13.8 Å². The molecule has 0 bridgehead atoms. The van der Waals surface area contributed by atoms with Crippen molar-refractivity contribution in [3.05, 3.63) is 64.7 Å². The number of rotatable bonds is 5. The molecule has 0 saturated heterocycles. The highest BCUT2D eigenvalue weighted by Crippen LogP contribution is 2.22. The molecule has 1 nitrogen and oxygen atoms in total. The molecule has 1 unspecified atom stereocenters. The molecule has 0 aliphatic carbocycles. The van der Waals surface area contributed by atoms with Crippen molar-refractivity contribution in [2.24, 2.45) is 0 Å². The van der Waals surface area contributed by atoms with Crippen LogP contribution < -0.4 is 5.32 Å². The van der Waals surface area contributed by atoms with Gasteiger partial charge in [-0.05, 0) is 68.0 Å². The lowest BCUT2D eigenvalue weighted by Crippen LogP contribution is -2.18. The second-order valence-electron chi connectivity index (χ2n) is 5.24. The number of hydrogen-bond acceptors (Lipinski definition) is 2. The standard InChI is InChI=1S/C18H23NS/c1-13-5-6-15(11-14(13)2)12-18(19-3)16-7-9-17(20-4)10-8-16/h5-11,18-19H,12H2,1-4H3. The van der Waals surface area contributed by atoms with Crippen molar-refractivity contribution in [2.75, 3.05) is 13.3 Å². The van der Waals surface area contributed by atoms with E-state index in [0.29, 0.717) is 6.04 Å². The molecule has 2 aromatic carbocycles. The summed E-state index contributed by atoms with van der Waals surface area (Å²) in [5.74, 6) is 0. The fourth-order valence-electron chi connectivity index (χ4n) is 2.39. The van der Waals surface area contributed by atoms with Crippen molar-refractivity contribution in [3.63, 3.8) is 0 Å². The van der Waals surface area contributed by atoms with Gasteiger partial charge in [-0.3, -0.25) is 0 Å². The van der Waals surface area contributed by atoms with Crippen LogP contribution in [-0.2, 0) is 6.42 Å². The van der Waals surface area contributed by atoms with Gasteiger partial charge in [-0.25, -0.2) is 0 Å². The molecule has 1 atom stereocenters. The predicted molar refractivity (Wildman–Crippen MR) is 89.6 cm³/mol. The number of hydrogen-bond donors (Lipinski definition) is 1. The van der Waals surface area contributed by atoms with E-state index in [2.05, 4.69) is 67.9 Å². The highest BCUT2D eigenvalue weighted by Gasteiger charge is 2.10. The van der Waals surface area contributed by atoms with Crippen LogP contribution >= 0.6 is 11.8 Å². The zero-order chi connectivity index (χ0) is 14.5. The van der Waals surface area contributed by atoms with Gasteiger partial charge < -0.3 is 5.32 Å². The summed E-state index contributed by atoms with van der Waals surface area (Å²) in [4.78, 5) is 1.31. The number of likely N-dealkylation sites (N-methyl/N-ethyl adjacent to an activating group) is 1. The Balaban J connectivity index is 2.16. The number of benzene rings is 2. The van der Waals surface area contributed by atoms with Gasteiger partial charge in [0.05, 0.1) is 0 Å². The summed E-state index contributed by atoms with van der Waals surface area (Å²) >= 11 is 1.78. The Morgan fingerprint density at radius 1 is 1.00 bits per heavy atom. The van der Waals surface area contributed by atoms with E-state index >= 15 is 0 Å². The Morgan fingerprint density at radius 2 is 1.70 bits per heavy atom. The zero-order valence-electron chi connectivity index (χ0n) is 12.7. The molecule has 0 fully saturated rings. The van der Waals surface area contributed by atoms with Crippen LogP contribution in [0.4, 0.5) is 0 Å². The number of thioether (sulfide) groups is 1. The van der Waals surface area contributed by atoms with E-state index in [4.69, 9.17) is 0 Å². The van der Waals surface area contributed by atoms with Gasteiger partial charge in [-0.1, -0.05) is 30.3 Å². The minimum Gasteiger partial charge on any atom is -0.313 e. The summed E-state index contributed by atoms with van der Waals surface area (Å²) in [5, 5.41) is 3.43. The molecule has 0 saturated carbocycles. The monoisotopic (exact) mass is 285 g/mol. The SMILES string of the molecule is CNC(Cc1ccc(C)c(C)c1)c1ccc(SC)cc1. The third-order valence-electron chi connectivity index (χ3n) is 3.88. The number of nitrogens with one attached hydrogen (secondary N) is 1. The van der Waals surface area contributed by atoms with E-state index in [0.717, 1.165) is 6.42 Å². The van der Waals surface area contributed by atoms with Crippen LogP contribution in [0.5, 0.6) is 0 Å². The van der Waals surface area contributed by atoms with Crippen LogP contribution in [0.1, 0.15) is 28.3 Å². The summed E-state index contributed by atoms with van der Waals surface area (Å²) in [5.41, 5.74) is 5.47. The van der Waals surface area contributed by atoms with Gasteiger partial charge in [-0.15, -0.1) is 11.8 Å². The summed E-state index contributed by atoms with van der Waals surface area (Å²) in [6.07, 6.45) is 3.13. The normalized spacial score (nSPS) is 12.4. The predicted octanol–water partition coefficient (Wildman–Crippen LogP) is 4.53. The van der Waals surface area contributed by atoms with Crippen molar-refractivity contribution in [1.29, 1.82) is 0 Å². The maximum Gasteiger partial charge on any atom is 0.0358 e. The van der Waals surface area contributed by atoms with Gasteiger partial charge in [0.15, 0.2) is 0 Å². The Hall–Kier alpha value is -1.25. The van der Waals surface area contributed by atoms with Crippen LogP contribution in [0.3, 0.4) is 0 Å². The highest BCUT2D eigenvalue weighted by atomic mass is 32.2. The van der Waals surface area contributed by atoms with Crippen LogP contribution in [0.15, 0.2) is 47.4 Å². The molecule has 20 heavy (non-hydrogen) atoms. The molecule has 0 aliphatic heterocycles. The van der Waals surface area contributed by atoms with E-state index in [-0.39, 0.29) is 0 Å². The first kappa shape index (κ1) is 15.1. The molecule has 1 N–H and O–H groups in total. The first-order chi connectivity index (χ1) is 9.63. The van der Waals surface area contributed by atoms with Gasteiger partial charge in [-0.2, -0.15) is 0 Å². The van der Waals surface area contributed by atoms with Gasteiger partial charge in [0, 0.05) is 10.9 Å². The van der Waals surface area contributed by atoms with E-state index in [9.17, 15) is 0 Å². The molecule has 0 aromatic heterocycles. The second kappa shape index (κ2) is 6.96. The molecule has 0 aliphatic rings. The van der Waals surface area contributed by atoms with Crippen molar-refractivity contribution in [3.8, 4) is 0 Å². The number of aryl methyl sites for hydroxylation is 2. The molecule has 2 aromatic rings. The van der Waals surface area contributed by atoms with Crippen molar-refractivity contribution < 1.29 is 0 Å². The van der Waals surface area contributed by atoms with Gasteiger partial charge in [0.1, 0.15) is 0 Å². The maximum absolute atomic E-state index is 3.43. The molecule has 0 amide bonds. The fraction of sp³-hybridized carbons (Fsp3) is 0.333. The Labute approximate surface area is 126 Å². The van der Waals surface area contributed by atoms with Gasteiger partial charge >= 0.3 is 0 Å². The minimum absolute atomic E-state index is 0.369. The summed E-state index contributed by atoms with van der Waals surface area (Å²) < 4.78 is 0. The lowest BCUT2D eigenvalue weighted by molar-refractivity contribution is 0.591. The molecule has 2 rings (SSSR count). The molecule has 106 valence electrons. The van der Waals surface area contributed by atoms with Gasteiger partial charge in [0.2, 0.25) is 0 Å². The van der Waals surface area contributed by atoms with Crippen LogP contribution in [0.25, 0.3) is 0 Å². The molecule has 0 spiro atoms. The van der Waals surface area contributed by atoms with Crippen molar-refractivity contribution in [2.45, 2.75) is 31.2 Å². The first-order valence-electron chi connectivity index (χ1n) is 7.01. The molecular formula is C18H23NS. The average Bonchev–Trinajstić information content (AvgIpc) is 2.48. The highest BCUT2D eigenvalue weighted by molar-refractivity contribution is 7.98. The van der Waals surface area contributed by atoms with Crippen LogP contribution in [0.2, 0.25) is 0 Å². The van der Waals surface area contributed by atoms with E-state index in [1.165, 1.54) is 27.1 Å². The van der Waals surface area contributed by atoms with E-state index < -0.39 is 0 Å². The van der Waals surface area contributed by atoms with E-state index in [1.807, 2.05) is 7.05 Å². The Bertz CT molecular complexity index is 560.